The Labute approximate surface area is 243 Å². The first-order valence-electron chi connectivity index (χ1n) is 14.7. The average Bonchev–Trinajstić information content (AvgIpc) is 3.28. The summed E-state index contributed by atoms with van der Waals surface area (Å²) in [4.78, 5) is 28.7. The fourth-order valence-electron chi connectivity index (χ4n) is 5.86. The van der Waals surface area contributed by atoms with E-state index in [-0.39, 0.29) is 17.7 Å². The normalized spacial score (nSPS) is 16.0. The van der Waals surface area contributed by atoms with Crippen molar-refractivity contribution in [1.29, 1.82) is 0 Å². The molecule has 3 aromatic carbocycles. The van der Waals surface area contributed by atoms with E-state index in [4.69, 9.17) is 0 Å². The summed E-state index contributed by atoms with van der Waals surface area (Å²) in [6.07, 6.45) is 13.3. The van der Waals surface area contributed by atoms with E-state index in [1.165, 1.54) is 5.56 Å². The molecule has 0 spiro atoms. The number of amides is 2. The first-order chi connectivity index (χ1) is 20.0. The number of nitrogens with zero attached hydrogens (tertiary/aromatic N) is 1. The van der Waals surface area contributed by atoms with Crippen molar-refractivity contribution >= 4 is 23.2 Å². The molecule has 41 heavy (non-hydrogen) atoms. The minimum absolute atomic E-state index is 0.117. The van der Waals surface area contributed by atoms with Gasteiger partial charge in [0, 0.05) is 36.6 Å². The quantitative estimate of drug-likeness (QED) is 0.312. The second kappa shape index (κ2) is 13.3. The van der Waals surface area contributed by atoms with E-state index >= 15 is 0 Å². The van der Waals surface area contributed by atoms with Crippen LogP contribution in [0.15, 0.2) is 109 Å². The number of rotatable bonds is 8. The number of hydrogen-bond acceptors (Lipinski definition) is 3. The van der Waals surface area contributed by atoms with Gasteiger partial charge in [0.15, 0.2) is 0 Å². The van der Waals surface area contributed by atoms with Crippen molar-refractivity contribution in [3.8, 4) is 11.1 Å². The Morgan fingerprint density at radius 1 is 0.927 bits per heavy atom. The molecule has 0 saturated carbocycles. The Bertz CT molecular complexity index is 1440. The minimum Gasteiger partial charge on any atom is -0.372 e. The molecule has 1 atom stereocenters. The van der Waals surface area contributed by atoms with Gasteiger partial charge >= 0.3 is 0 Å². The number of benzene rings is 3. The van der Waals surface area contributed by atoms with Crippen molar-refractivity contribution in [2.75, 3.05) is 29.9 Å². The maximum atomic E-state index is 13.2. The molecule has 1 fully saturated rings. The lowest BCUT2D eigenvalue weighted by molar-refractivity contribution is -0.125. The van der Waals surface area contributed by atoms with E-state index in [1.807, 2.05) is 49.4 Å². The zero-order chi connectivity index (χ0) is 28.6. The molecule has 210 valence electrons. The lowest BCUT2D eigenvalue weighted by Gasteiger charge is -2.37. The maximum Gasteiger partial charge on any atom is 0.256 e. The number of carbonyl (C=O) groups is 2. The second-order valence-corrected chi connectivity index (χ2v) is 10.8. The monoisotopic (exact) mass is 545 g/mol. The topological polar surface area (TPSA) is 61.4 Å². The molecular formula is C36H39N3O2. The summed E-state index contributed by atoms with van der Waals surface area (Å²) in [7, 11) is 0. The van der Waals surface area contributed by atoms with Gasteiger partial charge < -0.3 is 15.5 Å². The van der Waals surface area contributed by atoms with Gasteiger partial charge in [0.05, 0.1) is 5.92 Å². The lowest BCUT2D eigenvalue weighted by atomic mass is 9.78. The van der Waals surface area contributed by atoms with Crippen LogP contribution in [0.4, 0.5) is 11.4 Å². The van der Waals surface area contributed by atoms with E-state index in [1.54, 1.807) is 0 Å². The molecule has 0 bridgehead atoms. The predicted octanol–water partition coefficient (Wildman–Crippen LogP) is 7.33. The Kier molecular flexibility index (Phi) is 9.15. The number of piperidine rings is 1. The van der Waals surface area contributed by atoms with Crippen LogP contribution in [0.2, 0.25) is 0 Å². The van der Waals surface area contributed by atoms with Crippen LogP contribution in [-0.4, -0.2) is 31.4 Å². The number of nitrogens with one attached hydrogen (secondary N) is 2. The first-order valence-corrected chi connectivity index (χ1v) is 14.7. The number of allylic oxidation sites excluding steroid dienone is 5. The van der Waals surface area contributed by atoms with Crippen molar-refractivity contribution < 1.29 is 9.59 Å². The van der Waals surface area contributed by atoms with E-state index in [0.717, 1.165) is 60.4 Å². The van der Waals surface area contributed by atoms with Gasteiger partial charge in [-0.2, -0.15) is 0 Å². The lowest BCUT2D eigenvalue weighted by Crippen LogP contribution is -2.42. The van der Waals surface area contributed by atoms with Gasteiger partial charge in [-0.25, -0.2) is 0 Å². The van der Waals surface area contributed by atoms with Crippen LogP contribution in [0, 0.1) is 18.8 Å². The van der Waals surface area contributed by atoms with E-state index in [9.17, 15) is 9.59 Å². The molecule has 2 amide bonds. The molecule has 3 aromatic rings. The van der Waals surface area contributed by atoms with E-state index < -0.39 is 0 Å². The highest BCUT2D eigenvalue weighted by Crippen LogP contribution is 2.34. The fourth-order valence-corrected chi connectivity index (χ4v) is 5.86. The molecular weight excluding hydrogens is 506 g/mol. The average molecular weight is 546 g/mol. The summed E-state index contributed by atoms with van der Waals surface area (Å²) in [5.74, 6) is 0.198. The van der Waals surface area contributed by atoms with Crippen molar-refractivity contribution in [3.05, 3.63) is 120 Å². The predicted molar refractivity (Wildman–Crippen MR) is 169 cm³/mol. The molecule has 1 heterocycles. The highest BCUT2D eigenvalue weighted by Gasteiger charge is 2.33. The third-order valence-electron chi connectivity index (χ3n) is 8.05. The van der Waals surface area contributed by atoms with Crippen molar-refractivity contribution in [3.63, 3.8) is 0 Å². The summed E-state index contributed by atoms with van der Waals surface area (Å²) < 4.78 is 0. The van der Waals surface area contributed by atoms with Crippen molar-refractivity contribution in [1.82, 2.24) is 5.32 Å². The Hall–Kier alpha value is -4.38. The van der Waals surface area contributed by atoms with Crippen LogP contribution in [0.1, 0.15) is 42.1 Å². The first kappa shape index (κ1) is 28.2. The molecule has 2 aliphatic rings. The second-order valence-electron chi connectivity index (χ2n) is 10.8. The van der Waals surface area contributed by atoms with E-state index in [2.05, 4.69) is 83.2 Å². The molecule has 5 heteroatoms. The van der Waals surface area contributed by atoms with Crippen molar-refractivity contribution in [2.45, 2.75) is 33.1 Å². The molecule has 5 nitrogen and oxygen atoms in total. The minimum atomic E-state index is -0.122. The van der Waals surface area contributed by atoms with Crippen LogP contribution in [0.3, 0.4) is 0 Å². The summed E-state index contributed by atoms with van der Waals surface area (Å²) in [6, 6.07) is 24.0. The molecule has 5 rings (SSSR count). The zero-order valence-electron chi connectivity index (χ0n) is 24.0. The largest absolute Gasteiger partial charge is 0.372 e. The Morgan fingerprint density at radius 3 is 2.39 bits per heavy atom. The smallest absolute Gasteiger partial charge is 0.256 e. The van der Waals surface area contributed by atoms with Gasteiger partial charge in [-0.3, -0.25) is 9.59 Å². The molecule has 0 aromatic heterocycles. The number of carbonyl (C=O) groups excluding carboxylic acids is 2. The molecule has 1 aliphatic heterocycles. The summed E-state index contributed by atoms with van der Waals surface area (Å²) >= 11 is 0. The summed E-state index contributed by atoms with van der Waals surface area (Å²) in [6.45, 7) is 6.47. The van der Waals surface area contributed by atoms with Crippen molar-refractivity contribution in [2.24, 2.45) is 11.8 Å². The Balaban J connectivity index is 1.23. The van der Waals surface area contributed by atoms with Gasteiger partial charge in [0.2, 0.25) is 5.91 Å². The van der Waals surface area contributed by atoms with Gasteiger partial charge in [-0.15, -0.1) is 0 Å². The molecule has 2 N–H and O–H groups in total. The van der Waals surface area contributed by atoms with Crippen LogP contribution in [0.5, 0.6) is 0 Å². The standard InChI is InChI=1S/C36H39N3O2/c1-3-37-36(41)34(28-10-6-4-5-7-11-28)29-22-24-39(25-23-29)31-20-18-30(19-21-31)38-35(40)33-13-9-8-12-32(33)27-16-14-26(2)15-17-27/h4-6,8-21,29,34H,3,7,22-25H2,1-2H3,(H,37,41)(H,38,40). The molecule has 1 unspecified atom stereocenters. The van der Waals surface area contributed by atoms with E-state index in [0.29, 0.717) is 18.0 Å². The maximum absolute atomic E-state index is 13.2. The summed E-state index contributed by atoms with van der Waals surface area (Å²) in [5.41, 5.74) is 6.81. The molecule has 0 radical (unpaired) electrons. The Morgan fingerprint density at radius 2 is 1.66 bits per heavy atom. The van der Waals surface area contributed by atoms with Crippen LogP contribution >= 0.6 is 0 Å². The van der Waals surface area contributed by atoms with Crippen LogP contribution in [0.25, 0.3) is 11.1 Å². The third kappa shape index (κ3) is 6.86. The highest BCUT2D eigenvalue weighted by molar-refractivity contribution is 6.08. The van der Waals surface area contributed by atoms with Crippen LogP contribution in [-0.2, 0) is 4.79 Å². The summed E-state index contributed by atoms with van der Waals surface area (Å²) in [5, 5.41) is 6.15. The van der Waals surface area contributed by atoms with Gasteiger partial charge in [-0.05, 0) is 86.1 Å². The van der Waals surface area contributed by atoms with Crippen LogP contribution < -0.4 is 15.5 Å². The number of anilines is 2. The fraction of sp³-hybridized carbons (Fsp3) is 0.278. The highest BCUT2D eigenvalue weighted by atomic mass is 16.2. The number of aryl methyl sites for hydroxylation is 1. The van der Waals surface area contributed by atoms with Gasteiger partial charge in [0.25, 0.3) is 5.91 Å². The molecule has 1 aliphatic carbocycles. The third-order valence-corrected chi connectivity index (χ3v) is 8.05. The molecule has 1 saturated heterocycles. The van der Waals surface area contributed by atoms with Gasteiger partial charge in [-0.1, -0.05) is 78.4 Å². The SMILES string of the molecule is CCNC(=O)C(C1=CCC=CC=C1)C1CCN(c2ccc(NC(=O)c3ccccc3-c3ccc(C)cc3)cc2)CC1. The number of hydrogen-bond donors (Lipinski definition) is 2. The van der Waals surface area contributed by atoms with Gasteiger partial charge in [0.1, 0.15) is 0 Å². The zero-order valence-corrected chi connectivity index (χ0v) is 24.0.